The standard InChI is InChI=1S/C22H28ClF3N2O3/c1-5-20(3,4)14-6-9-18-16(11-14)21(30,22(24,25)26)28(27-18)19(29)12-31-15-7-8-17(23)13(2)10-15/h7-8,10,14,16,30H,5-6,9,11-12H2,1-4H3/t14-,16-,21-/m1/s1. The molecule has 0 saturated heterocycles. The zero-order chi connectivity index (χ0) is 23.2. The quantitative estimate of drug-likeness (QED) is 0.646. The molecule has 1 aliphatic carbocycles. The lowest BCUT2D eigenvalue weighted by Gasteiger charge is -2.43. The molecule has 1 N–H and O–H groups in total. The molecule has 1 aromatic rings. The summed E-state index contributed by atoms with van der Waals surface area (Å²) >= 11 is 5.95. The normalized spacial score (nSPS) is 26.5. The van der Waals surface area contributed by atoms with Crippen molar-refractivity contribution >= 4 is 23.2 Å². The Morgan fingerprint density at radius 2 is 2.06 bits per heavy atom. The summed E-state index contributed by atoms with van der Waals surface area (Å²) in [4.78, 5) is 12.7. The van der Waals surface area contributed by atoms with E-state index in [1.165, 1.54) is 6.07 Å². The summed E-state index contributed by atoms with van der Waals surface area (Å²) in [5.74, 6) is -2.06. The number of aryl methyl sites for hydroxylation is 1. The van der Waals surface area contributed by atoms with Gasteiger partial charge < -0.3 is 9.84 Å². The first kappa shape index (κ1) is 23.9. The van der Waals surface area contributed by atoms with Crippen molar-refractivity contribution in [1.82, 2.24) is 5.01 Å². The van der Waals surface area contributed by atoms with Crippen LogP contribution in [-0.4, -0.2) is 40.2 Å². The molecule has 2 aliphatic rings. The smallest absolute Gasteiger partial charge is 0.439 e. The van der Waals surface area contributed by atoms with Crippen LogP contribution in [0.25, 0.3) is 0 Å². The van der Waals surface area contributed by atoms with Crippen LogP contribution in [0.15, 0.2) is 23.3 Å². The average molecular weight is 461 g/mol. The predicted octanol–water partition coefficient (Wildman–Crippen LogP) is 5.33. The van der Waals surface area contributed by atoms with Gasteiger partial charge in [0.15, 0.2) is 6.61 Å². The number of fused-ring (bicyclic) bond motifs is 1. The Morgan fingerprint density at radius 3 is 2.65 bits per heavy atom. The molecule has 1 heterocycles. The highest BCUT2D eigenvalue weighted by atomic mass is 35.5. The largest absolute Gasteiger partial charge is 0.484 e. The van der Waals surface area contributed by atoms with Crippen molar-refractivity contribution < 1.29 is 27.8 Å². The highest BCUT2D eigenvalue weighted by Crippen LogP contribution is 2.52. The van der Waals surface area contributed by atoms with Gasteiger partial charge in [-0.25, -0.2) is 0 Å². The van der Waals surface area contributed by atoms with Gasteiger partial charge in [0.2, 0.25) is 0 Å². The molecule has 1 amide bonds. The molecule has 0 unspecified atom stereocenters. The number of rotatable bonds is 5. The molecular weight excluding hydrogens is 433 g/mol. The third-order valence-electron chi connectivity index (χ3n) is 6.87. The summed E-state index contributed by atoms with van der Waals surface area (Å²) in [7, 11) is 0. The lowest BCUT2D eigenvalue weighted by Crippen LogP contribution is -2.62. The second kappa shape index (κ2) is 8.28. The zero-order valence-corrected chi connectivity index (χ0v) is 18.8. The Bertz CT molecular complexity index is 887. The summed E-state index contributed by atoms with van der Waals surface area (Å²) < 4.78 is 47.7. The van der Waals surface area contributed by atoms with E-state index in [4.69, 9.17) is 16.3 Å². The summed E-state index contributed by atoms with van der Waals surface area (Å²) in [6.07, 6.45) is -3.15. The fourth-order valence-corrected chi connectivity index (χ4v) is 4.50. The van der Waals surface area contributed by atoms with Crippen LogP contribution in [-0.2, 0) is 4.79 Å². The van der Waals surface area contributed by atoms with E-state index in [2.05, 4.69) is 5.10 Å². The maximum Gasteiger partial charge on any atom is 0.439 e. The molecule has 1 aliphatic heterocycles. The van der Waals surface area contributed by atoms with E-state index >= 15 is 0 Å². The number of nitrogens with zero attached hydrogens (tertiary/aromatic N) is 2. The van der Waals surface area contributed by atoms with Crippen LogP contribution in [0, 0.1) is 24.2 Å². The molecule has 0 radical (unpaired) electrons. The van der Waals surface area contributed by atoms with Crippen LogP contribution in [0.5, 0.6) is 5.75 Å². The molecule has 9 heteroatoms. The van der Waals surface area contributed by atoms with Crippen molar-refractivity contribution in [2.45, 2.75) is 65.3 Å². The van der Waals surface area contributed by atoms with Crippen molar-refractivity contribution in [1.29, 1.82) is 0 Å². The number of hydrogen-bond acceptors (Lipinski definition) is 4. The van der Waals surface area contributed by atoms with Gasteiger partial charge in [-0.3, -0.25) is 4.79 Å². The highest BCUT2D eigenvalue weighted by molar-refractivity contribution is 6.31. The van der Waals surface area contributed by atoms with Crippen LogP contribution in [0.1, 0.15) is 52.0 Å². The van der Waals surface area contributed by atoms with E-state index in [1.54, 1.807) is 19.1 Å². The van der Waals surface area contributed by atoms with Gasteiger partial charge in [0, 0.05) is 10.7 Å². The highest BCUT2D eigenvalue weighted by Gasteiger charge is 2.69. The third-order valence-corrected chi connectivity index (χ3v) is 7.29. The van der Waals surface area contributed by atoms with Crippen LogP contribution < -0.4 is 4.74 Å². The maximum atomic E-state index is 14.1. The van der Waals surface area contributed by atoms with Gasteiger partial charge in [-0.2, -0.15) is 23.3 Å². The Morgan fingerprint density at radius 1 is 1.39 bits per heavy atom. The van der Waals surface area contributed by atoms with Crippen molar-refractivity contribution in [3.63, 3.8) is 0 Å². The Hall–Kier alpha value is -1.80. The third kappa shape index (κ3) is 4.29. The minimum absolute atomic E-state index is 0.0151. The zero-order valence-electron chi connectivity index (χ0n) is 18.1. The Balaban J connectivity index is 1.83. The van der Waals surface area contributed by atoms with Crippen molar-refractivity contribution in [2.75, 3.05) is 6.61 Å². The number of halogens is 4. The fraction of sp³-hybridized carbons (Fsp3) is 0.636. The topological polar surface area (TPSA) is 62.1 Å². The van der Waals surface area contributed by atoms with E-state index < -0.39 is 30.3 Å². The first-order chi connectivity index (χ1) is 14.3. The van der Waals surface area contributed by atoms with Gasteiger partial charge in [-0.1, -0.05) is 38.8 Å². The Labute approximate surface area is 185 Å². The number of aliphatic hydroxyl groups is 1. The molecule has 0 spiro atoms. The van der Waals surface area contributed by atoms with Crippen LogP contribution in [0.2, 0.25) is 5.02 Å². The number of benzene rings is 1. The summed E-state index contributed by atoms with van der Waals surface area (Å²) in [5, 5.41) is 15.5. The van der Waals surface area contributed by atoms with Crippen LogP contribution >= 0.6 is 11.6 Å². The monoisotopic (exact) mass is 460 g/mol. The van der Waals surface area contributed by atoms with Crippen molar-refractivity contribution in [3.8, 4) is 5.75 Å². The predicted molar refractivity (Wildman–Crippen MR) is 112 cm³/mol. The molecule has 172 valence electrons. The molecule has 3 rings (SSSR count). The van der Waals surface area contributed by atoms with Gasteiger partial charge in [0.25, 0.3) is 11.6 Å². The molecule has 1 saturated carbocycles. The van der Waals surface area contributed by atoms with E-state index in [0.717, 1.165) is 6.42 Å². The molecule has 0 bridgehead atoms. The lowest BCUT2D eigenvalue weighted by molar-refractivity contribution is -0.318. The molecule has 1 fully saturated rings. The number of hydrazone groups is 1. The summed E-state index contributed by atoms with van der Waals surface area (Å²) in [6.45, 7) is 7.09. The van der Waals surface area contributed by atoms with E-state index in [1.807, 2.05) is 20.8 Å². The second-order valence-corrected chi connectivity index (χ2v) is 9.49. The summed E-state index contributed by atoms with van der Waals surface area (Å²) in [6, 6.07) is 4.67. The SMILES string of the molecule is CCC(C)(C)[C@@H]1CCC2=NN(C(=O)COc3ccc(Cl)c(C)c3)[C@](O)(C(F)(F)F)[C@@H]2C1. The first-order valence-electron chi connectivity index (χ1n) is 10.4. The van der Waals surface area contributed by atoms with Crippen molar-refractivity contribution in [2.24, 2.45) is 22.4 Å². The number of carbonyl (C=O) groups is 1. The van der Waals surface area contributed by atoms with Gasteiger partial charge in [-0.05, 0) is 61.3 Å². The molecule has 0 aromatic heterocycles. The maximum absolute atomic E-state index is 14.1. The van der Waals surface area contributed by atoms with Crippen LogP contribution in [0.4, 0.5) is 13.2 Å². The number of amides is 1. The van der Waals surface area contributed by atoms with E-state index in [0.29, 0.717) is 29.2 Å². The van der Waals surface area contributed by atoms with Gasteiger partial charge >= 0.3 is 6.18 Å². The van der Waals surface area contributed by atoms with E-state index in [-0.39, 0.29) is 28.5 Å². The van der Waals surface area contributed by atoms with Gasteiger partial charge in [0.05, 0.1) is 5.92 Å². The number of carbonyl (C=O) groups excluding carboxylic acids is 1. The molecule has 5 nitrogen and oxygen atoms in total. The molecule has 31 heavy (non-hydrogen) atoms. The molecule has 3 atom stereocenters. The average Bonchev–Trinajstić information content (AvgIpc) is 3.02. The van der Waals surface area contributed by atoms with E-state index in [9.17, 15) is 23.1 Å². The first-order valence-corrected chi connectivity index (χ1v) is 10.8. The number of ether oxygens (including phenoxy) is 1. The molecule has 1 aromatic carbocycles. The van der Waals surface area contributed by atoms with Crippen molar-refractivity contribution in [3.05, 3.63) is 28.8 Å². The summed E-state index contributed by atoms with van der Waals surface area (Å²) in [5.41, 5.74) is -2.62. The lowest BCUT2D eigenvalue weighted by atomic mass is 9.64. The van der Waals surface area contributed by atoms with Crippen LogP contribution in [0.3, 0.4) is 0 Å². The van der Waals surface area contributed by atoms with Gasteiger partial charge in [-0.15, -0.1) is 0 Å². The number of hydrogen-bond donors (Lipinski definition) is 1. The second-order valence-electron chi connectivity index (χ2n) is 9.09. The number of alkyl halides is 3. The molecular formula is C22H28ClF3N2O3. The Kier molecular flexibility index (Phi) is 6.37. The fourth-order valence-electron chi connectivity index (χ4n) is 4.38. The van der Waals surface area contributed by atoms with Gasteiger partial charge in [0.1, 0.15) is 5.75 Å². The minimum atomic E-state index is -5.06. The minimum Gasteiger partial charge on any atom is -0.484 e.